The molecule has 0 saturated carbocycles. The molecule has 0 fully saturated rings. The first-order chi connectivity index (χ1) is 13.8. The molecule has 29 heavy (non-hydrogen) atoms. The number of rotatable bonds is 9. The summed E-state index contributed by atoms with van der Waals surface area (Å²) in [6, 6.07) is 12.6. The summed E-state index contributed by atoms with van der Waals surface area (Å²) in [5.41, 5.74) is 1.89. The molecule has 1 atom stereocenters. The van der Waals surface area contributed by atoms with Crippen molar-refractivity contribution >= 4 is 62.7 Å². The summed E-state index contributed by atoms with van der Waals surface area (Å²) >= 11 is 17.2. The molecular formula is C21H23BrCl2N2O2S. The van der Waals surface area contributed by atoms with Gasteiger partial charge in [0.25, 0.3) is 0 Å². The molecule has 1 N–H and O–H groups in total. The number of amides is 2. The second kappa shape index (κ2) is 11.8. The molecule has 2 rings (SSSR count). The molecule has 0 radical (unpaired) electrons. The van der Waals surface area contributed by atoms with Gasteiger partial charge in [-0.25, -0.2) is 0 Å². The summed E-state index contributed by atoms with van der Waals surface area (Å²) in [4.78, 5) is 27.0. The van der Waals surface area contributed by atoms with Crippen molar-refractivity contribution in [3.05, 3.63) is 68.1 Å². The maximum absolute atomic E-state index is 13.0. The fourth-order valence-corrected chi connectivity index (χ4v) is 4.44. The molecule has 2 aromatic rings. The smallest absolute Gasteiger partial charge is 0.242 e. The van der Waals surface area contributed by atoms with Crippen molar-refractivity contribution in [2.45, 2.75) is 31.7 Å². The number of nitrogens with zero attached hydrogens (tertiary/aromatic N) is 1. The van der Waals surface area contributed by atoms with Crippen molar-refractivity contribution in [3.63, 3.8) is 0 Å². The Morgan fingerprint density at radius 3 is 2.45 bits per heavy atom. The van der Waals surface area contributed by atoms with Crippen LogP contribution in [-0.2, 0) is 21.9 Å². The zero-order valence-electron chi connectivity index (χ0n) is 16.3. The van der Waals surface area contributed by atoms with Crippen LogP contribution in [0.1, 0.15) is 24.5 Å². The Morgan fingerprint density at radius 2 is 1.86 bits per heavy atom. The number of benzene rings is 2. The summed E-state index contributed by atoms with van der Waals surface area (Å²) in [5.74, 6) is 0.692. The van der Waals surface area contributed by atoms with Gasteiger partial charge in [0.15, 0.2) is 0 Å². The molecule has 0 heterocycles. The van der Waals surface area contributed by atoms with E-state index in [1.807, 2.05) is 31.2 Å². The maximum Gasteiger partial charge on any atom is 0.242 e. The number of carbonyl (C=O) groups excluding carboxylic acids is 2. The van der Waals surface area contributed by atoms with Crippen LogP contribution in [0.4, 0.5) is 0 Å². The van der Waals surface area contributed by atoms with Gasteiger partial charge in [-0.3, -0.25) is 9.59 Å². The molecule has 0 aliphatic heterocycles. The molecule has 2 aromatic carbocycles. The zero-order chi connectivity index (χ0) is 21.4. The molecule has 2 amide bonds. The SMILES string of the molecule is CCC(C(=O)NC)N(Cc1ccc(Cl)cc1Cl)C(=O)CSCc1ccc(Br)cc1. The van der Waals surface area contributed by atoms with Gasteiger partial charge in [0.05, 0.1) is 5.75 Å². The van der Waals surface area contributed by atoms with Crippen LogP contribution in [0.15, 0.2) is 46.9 Å². The number of carbonyl (C=O) groups is 2. The average Bonchev–Trinajstić information content (AvgIpc) is 2.70. The van der Waals surface area contributed by atoms with E-state index < -0.39 is 6.04 Å². The van der Waals surface area contributed by atoms with Gasteiger partial charge in [-0.15, -0.1) is 11.8 Å². The lowest BCUT2D eigenvalue weighted by Gasteiger charge is -2.30. The Labute approximate surface area is 194 Å². The summed E-state index contributed by atoms with van der Waals surface area (Å²) in [6.45, 7) is 2.14. The summed E-state index contributed by atoms with van der Waals surface area (Å²) in [7, 11) is 1.57. The molecule has 4 nitrogen and oxygen atoms in total. The van der Waals surface area contributed by atoms with Crippen LogP contribution in [0, 0.1) is 0 Å². The zero-order valence-corrected chi connectivity index (χ0v) is 20.2. The lowest BCUT2D eigenvalue weighted by Crippen LogP contribution is -2.48. The van der Waals surface area contributed by atoms with E-state index in [2.05, 4.69) is 21.2 Å². The van der Waals surface area contributed by atoms with Gasteiger partial charge in [-0.1, -0.05) is 64.3 Å². The number of nitrogens with one attached hydrogen (secondary N) is 1. The Balaban J connectivity index is 2.13. The number of halogens is 3. The Morgan fingerprint density at radius 1 is 1.17 bits per heavy atom. The molecule has 0 aromatic heterocycles. The number of likely N-dealkylation sites (N-methyl/N-ethyl adjacent to an activating group) is 1. The summed E-state index contributed by atoms with van der Waals surface area (Å²) < 4.78 is 1.02. The molecule has 0 aliphatic carbocycles. The second-order valence-electron chi connectivity index (χ2n) is 6.41. The van der Waals surface area contributed by atoms with Gasteiger partial charge in [-0.2, -0.15) is 0 Å². The van der Waals surface area contributed by atoms with E-state index in [4.69, 9.17) is 23.2 Å². The highest BCUT2D eigenvalue weighted by Gasteiger charge is 2.28. The molecule has 156 valence electrons. The highest BCUT2D eigenvalue weighted by atomic mass is 79.9. The minimum Gasteiger partial charge on any atom is -0.357 e. The molecule has 8 heteroatoms. The van der Waals surface area contributed by atoms with Crippen LogP contribution in [0.2, 0.25) is 10.0 Å². The van der Waals surface area contributed by atoms with Crippen molar-refractivity contribution in [1.82, 2.24) is 10.2 Å². The van der Waals surface area contributed by atoms with Crippen LogP contribution in [0.5, 0.6) is 0 Å². The monoisotopic (exact) mass is 516 g/mol. The molecular weight excluding hydrogens is 495 g/mol. The molecule has 1 unspecified atom stereocenters. The van der Waals surface area contributed by atoms with E-state index in [-0.39, 0.29) is 24.1 Å². The minimum absolute atomic E-state index is 0.103. The molecule has 0 bridgehead atoms. The van der Waals surface area contributed by atoms with Crippen LogP contribution in [0.3, 0.4) is 0 Å². The van der Waals surface area contributed by atoms with Crippen molar-refractivity contribution in [2.24, 2.45) is 0 Å². The van der Waals surface area contributed by atoms with Crippen molar-refractivity contribution in [3.8, 4) is 0 Å². The van der Waals surface area contributed by atoms with Crippen LogP contribution >= 0.6 is 50.9 Å². The molecule has 0 saturated heterocycles. The van der Waals surface area contributed by atoms with Gasteiger partial charge in [-0.05, 0) is 41.8 Å². The normalized spacial score (nSPS) is 11.8. The predicted octanol–water partition coefficient (Wildman–Crippen LogP) is 5.54. The third kappa shape index (κ3) is 7.21. The largest absolute Gasteiger partial charge is 0.357 e. The highest BCUT2D eigenvalue weighted by molar-refractivity contribution is 9.10. The Hall–Kier alpha value is -1.21. The average molecular weight is 518 g/mol. The second-order valence-corrected chi connectivity index (χ2v) is 9.16. The van der Waals surface area contributed by atoms with E-state index in [1.165, 1.54) is 11.8 Å². The van der Waals surface area contributed by atoms with Crippen LogP contribution in [0.25, 0.3) is 0 Å². The van der Waals surface area contributed by atoms with Crippen LogP contribution in [-0.4, -0.2) is 35.6 Å². The van der Waals surface area contributed by atoms with Gasteiger partial charge in [0, 0.05) is 33.9 Å². The molecule has 0 aliphatic rings. The lowest BCUT2D eigenvalue weighted by molar-refractivity contribution is -0.139. The number of hydrogen-bond donors (Lipinski definition) is 1. The van der Waals surface area contributed by atoms with Crippen molar-refractivity contribution < 1.29 is 9.59 Å². The van der Waals surface area contributed by atoms with Gasteiger partial charge < -0.3 is 10.2 Å². The van der Waals surface area contributed by atoms with E-state index in [9.17, 15) is 9.59 Å². The Bertz CT molecular complexity index is 849. The summed E-state index contributed by atoms with van der Waals surface area (Å²) in [5, 5.41) is 3.65. The minimum atomic E-state index is -0.562. The predicted molar refractivity (Wildman–Crippen MR) is 125 cm³/mol. The summed E-state index contributed by atoms with van der Waals surface area (Å²) in [6.07, 6.45) is 0.508. The highest BCUT2D eigenvalue weighted by Crippen LogP contribution is 2.24. The van der Waals surface area contributed by atoms with Crippen LogP contribution < -0.4 is 5.32 Å². The lowest BCUT2D eigenvalue weighted by atomic mass is 10.1. The fraction of sp³-hybridized carbons (Fsp3) is 0.333. The first kappa shape index (κ1) is 24.1. The van der Waals surface area contributed by atoms with Gasteiger partial charge in [0.2, 0.25) is 11.8 Å². The number of hydrogen-bond acceptors (Lipinski definition) is 3. The van der Waals surface area contributed by atoms with Gasteiger partial charge in [0.1, 0.15) is 6.04 Å². The number of thioether (sulfide) groups is 1. The van der Waals surface area contributed by atoms with E-state index in [1.54, 1.807) is 30.1 Å². The fourth-order valence-electron chi connectivity index (χ4n) is 2.84. The first-order valence-electron chi connectivity index (χ1n) is 9.12. The topological polar surface area (TPSA) is 49.4 Å². The third-order valence-electron chi connectivity index (χ3n) is 4.40. The van der Waals surface area contributed by atoms with Crippen molar-refractivity contribution in [1.29, 1.82) is 0 Å². The third-order valence-corrected chi connectivity index (χ3v) is 6.50. The maximum atomic E-state index is 13.0. The van der Waals surface area contributed by atoms with E-state index in [0.717, 1.165) is 15.6 Å². The molecule has 0 spiro atoms. The van der Waals surface area contributed by atoms with E-state index in [0.29, 0.717) is 22.2 Å². The van der Waals surface area contributed by atoms with E-state index >= 15 is 0 Å². The van der Waals surface area contributed by atoms with Crippen molar-refractivity contribution in [2.75, 3.05) is 12.8 Å². The first-order valence-corrected chi connectivity index (χ1v) is 11.8. The Kier molecular flexibility index (Phi) is 9.83. The quantitative estimate of drug-likeness (QED) is 0.474. The van der Waals surface area contributed by atoms with Gasteiger partial charge >= 0.3 is 0 Å². The standard InChI is InChI=1S/C21H23BrCl2N2O2S/c1-3-19(21(28)25-2)26(11-15-6-9-17(23)10-18(15)24)20(27)13-29-12-14-4-7-16(22)8-5-14/h4-10,19H,3,11-13H2,1-2H3,(H,25,28).